The molecule has 2 saturated heterocycles. The molecule has 3 heteroatoms. The maximum atomic E-state index is 9.83. The molecule has 1 aromatic rings. The summed E-state index contributed by atoms with van der Waals surface area (Å²) in [4.78, 5) is 5.35. The molecule has 1 aliphatic carbocycles. The molecule has 3 nitrogen and oxygen atoms in total. The molecule has 20 heavy (non-hydrogen) atoms. The molecular formula is C17H24N2O. The van der Waals surface area contributed by atoms with E-state index in [0.717, 1.165) is 6.04 Å². The molecule has 0 radical (unpaired) electrons. The lowest BCUT2D eigenvalue weighted by Gasteiger charge is -2.43. The van der Waals surface area contributed by atoms with Crippen LogP contribution in [0.4, 0.5) is 0 Å². The van der Waals surface area contributed by atoms with Crippen LogP contribution in [0, 0.1) is 0 Å². The number of fused-ring (bicyclic) bond motifs is 2. The van der Waals surface area contributed by atoms with Crippen LogP contribution in [0.25, 0.3) is 0 Å². The average molecular weight is 272 g/mol. The summed E-state index contributed by atoms with van der Waals surface area (Å²) >= 11 is 0. The van der Waals surface area contributed by atoms with Crippen LogP contribution < -0.4 is 0 Å². The summed E-state index contributed by atoms with van der Waals surface area (Å²) in [5, 5.41) is 9.83. The van der Waals surface area contributed by atoms with E-state index in [1.807, 2.05) is 12.1 Å². The van der Waals surface area contributed by atoms with Gasteiger partial charge in [0.05, 0.1) is 0 Å². The van der Waals surface area contributed by atoms with Crippen molar-refractivity contribution in [2.75, 3.05) is 26.2 Å². The molecule has 0 bridgehead atoms. The first-order valence-corrected chi connectivity index (χ1v) is 8.11. The number of nitrogens with zero attached hydrogens (tertiary/aromatic N) is 2. The molecule has 1 N–H and O–H groups in total. The minimum absolute atomic E-state index is 0.426. The topological polar surface area (TPSA) is 26.7 Å². The molecule has 2 aliphatic heterocycles. The van der Waals surface area contributed by atoms with Gasteiger partial charge in [-0.15, -0.1) is 0 Å². The van der Waals surface area contributed by atoms with E-state index in [4.69, 9.17) is 0 Å². The first-order valence-electron chi connectivity index (χ1n) is 8.11. The van der Waals surface area contributed by atoms with Gasteiger partial charge >= 0.3 is 0 Å². The number of rotatable bonds is 1. The van der Waals surface area contributed by atoms with E-state index < -0.39 is 0 Å². The molecule has 3 aliphatic rings. The summed E-state index contributed by atoms with van der Waals surface area (Å²) in [6.45, 7) is 4.95. The molecular weight excluding hydrogens is 248 g/mol. The Labute approximate surface area is 121 Å². The van der Waals surface area contributed by atoms with Crippen LogP contribution in [0.2, 0.25) is 0 Å². The van der Waals surface area contributed by atoms with Gasteiger partial charge in [-0.25, -0.2) is 0 Å². The predicted octanol–water partition coefficient (Wildman–Crippen LogP) is 2.55. The molecule has 2 unspecified atom stereocenters. The van der Waals surface area contributed by atoms with Crippen molar-refractivity contribution in [3.8, 4) is 5.75 Å². The normalized spacial score (nSPS) is 31.0. The van der Waals surface area contributed by atoms with Gasteiger partial charge in [-0.2, -0.15) is 0 Å². The van der Waals surface area contributed by atoms with E-state index in [0.29, 0.717) is 11.8 Å². The van der Waals surface area contributed by atoms with E-state index >= 15 is 0 Å². The Bertz CT molecular complexity index is 502. The van der Waals surface area contributed by atoms with Crippen LogP contribution in [0.5, 0.6) is 5.75 Å². The number of hydrogen-bond donors (Lipinski definition) is 1. The zero-order chi connectivity index (χ0) is 13.5. The summed E-state index contributed by atoms with van der Waals surface area (Å²) in [5.74, 6) is 0.426. The predicted molar refractivity (Wildman–Crippen MR) is 80.0 cm³/mol. The summed E-state index contributed by atoms with van der Waals surface area (Å²) in [7, 11) is 0. The molecule has 2 atom stereocenters. The van der Waals surface area contributed by atoms with Gasteiger partial charge in [-0.1, -0.05) is 6.07 Å². The lowest BCUT2D eigenvalue weighted by atomic mass is 9.86. The van der Waals surface area contributed by atoms with Crippen molar-refractivity contribution < 1.29 is 5.11 Å². The second-order valence-corrected chi connectivity index (χ2v) is 6.62. The lowest BCUT2D eigenvalue weighted by molar-refractivity contribution is 0.0646. The Balaban J connectivity index is 1.59. The average Bonchev–Trinajstić information content (AvgIpc) is 2.94. The number of piperazine rings is 1. The standard InChI is InChI=1S/C17H24N2O/c20-15-7-6-13-3-1-5-17(16(13)11-15)19-10-9-18-8-2-4-14(18)12-19/h6-7,11,14,17,20H,1-5,8-10,12H2. The number of aryl methyl sites for hydroxylation is 1. The van der Waals surface area contributed by atoms with Gasteiger partial charge in [0.15, 0.2) is 0 Å². The van der Waals surface area contributed by atoms with Crippen molar-refractivity contribution in [2.24, 2.45) is 0 Å². The molecule has 2 heterocycles. The monoisotopic (exact) mass is 272 g/mol. The molecule has 2 fully saturated rings. The molecule has 1 aromatic carbocycles. The van der Waals surface area contributed by atoms with Gasteiger partial charge in [0.1, 0.15) is 5.75 Å². The fourth-order valence-corrected chi connectivity index (χ4v) is 4.44. The third-order valence-electron chi connectivity index (χ3n) is 5.47. The van der Waals surface area contributed by atoms with E-state index in [2.05, 4.69) is 15.9 Å². The van der Waals surface area contributed by atoms with Gasteiger partial charge < -0.3 is 5.11 Å². The SMILES string of the molecule is Oc1ccc2c(c1)C(N1CCN3CCCC3C1)CCC2. The van der Waals surface area contributed by atoms with Gasteiger partial charge in [0.2, 0.25) is 0 Å². The Hall–Kier alpha value is -1.06. The Morgan fingerprint density at radius 1 is 1.00 bits per heavy atom. The lowest BCUT2D eigenvalue weighted by Crippen LogP contribution is -2.51. The highest BCUT2D eigenvalue weighted by molar-refractivity contribution is 5.38. The minimum Gasteiger partial charge on any atom is -0.508 e. The number of aromatic hydroxyl groups is 1. The third-order valence-corrected chi connectivity index (χ3v) is 5.47. The number of phenolic OH excluding ortho intramolecular Hbond substituents is 1. The van der Waals surface area contributed by atoms with E-state index in [1.165, 1.54) is 69.4 Å². The Kier molecular flexibility index (Phi) is 3.20. The van der Waals surface area contributed by atoms with Crippen LogP contribution >= 0.6 is 0 Å². The number of hydrogen-bond acceptors (Lipinski definition) is 3. The van der Waals surface area contributed by atoms with E-state index in [9.17, 15) is 5.11 Å². The van der Waals surface area contributed by atoms with Crippen LogP contribution in [0.3, 0.4) is 0 Å². The molecule has 0 aromatic heterocycles. The van der Waals surface area contributed by atoms with Crippen LogP contribution in [0.15, 0.2) is 18.2 Å². The minimum atomic E-state index is 0.426. The Morgan fingerprint density at radius 3 is 2.85 bits per heavy atom. The highest BCUT2D eigenvalue weighted by atomic mass is 16.3. The first-order chi connectivity index (χ1) is 9.81. The molecule has 0 amide bonds. The fourth-order valence-electron chi connectivity index (χ4n) is 4.44. The summed E-state index contributed by atoms with van der Waals surface area (Å²) in [6, 6.07) is 7.30. The van der Waals surface area contributed by atoms with Gasteiger partial charge in [0.25, 0.3) is 0 Å². The van der Waals surface area contributed by atoms with Gasteiger partial charge in [-0.05, 0) is 61.9 Å². The summed E-state index contributed by atoms with van der Waals surface area (Å²) in [5.41, 5.74) is 2.84. The van der Waals surface area contributed by atoms with Crippen molar-refractivity contribution in [3.05, 3.63) is 29.3 Å². The summed E-state index contributed by atoms with van der Waals surface area (Å²) < 4.78 is 0. The van der Waals surface area contributed by atoms with Crippen molar-refractivity contribution in [2.45, 2.75) is 44.2 Å². The van der Waals surface area contributed by atoms with Crippen molar-refractivity contribution >= 4 is 0 Å². The highest BCUT2D eigenvalue weighted by Crippen LogP contribution is 2.38. The van der Waals surface area contributed by atoms with E-state index in [1.54, 1.807) is 0 Å². The summed E-state index contributed by atoms with van der Waals surface area (Å²) in [6.07, 6.45) is 6.46. The fraction of sp³-hybridized carbons (Fsp3) is 0.647. The number of phenols is 1. The second-order valence-electron chi connectivity index (χ2n) is 6.62. The van der Waals surface area contributed by atoms with Gasteiger partial charge in [0, 0.05) is 31.7 Å². The van der Waals surface area contributed by atoms with Crippen molar-refractivity contribution in [3.63, 3.8) is 0 Å². The van der Waals surface area contributed by atoms with E-state index in [-0.39, 0.29) is 0 Å². The number of benzene rings is 1. The highest BCUT2D eigenvalue weighted by Gasteiger charge is 2.35. The molecule has 0 saturated carbocycles. The zero-order valence-electron chi connectivity index (χ0n) is 12.1. The largest absolute Gasteiger partial charge is 0.508 e. The van der Waals surface area contributed by atoms with Crippen LogP contribution in [-0.4, -0.2) is 47.1 Å². The van der Waals surface area contributed by atoms with Crippen LogP contribution in [0.1, 0.15) is 42.9 Å². The zero-order valence-corrected chi connectivity index (χ0v) is 12.1. The second kappa shape index (κ2) is 5.05. The third kappa shape index (κ3) is 2.13. The van der Waals surface area contributed by atoms with Crippen molar-refractivity contribution in [1.82, 2.24) is 9.80 Å². The smallest absolute Gasteiger partial charge is 0.115 e. The maximum absolute atomic E-state index is 9.83. The van der Waals surface area contributed by atoms with Gasteiger partial charge in [-0.3, -0.25) is 9.80 Å². The van der Waals surface area contributed by atoms with Crippen LogP contribution in [-0.2, 0) is 6.42 Å². The maximum Gasteiger partial charge on any atom is 0.115 e. The quantitative estimate of drug-likeness (QED) is 0.851. The molecule has 4 rings (SSSR count). The first kappa shape index (κ1) is 12.7. The molecule has 0 spiro atoms. The molecule has 108 valence electrons. The van der Waals surface area contributed by atoms with Crippen molar-refractivity contribution in [1.29, 1.82) is 0 Å². The Morgan fingerprint density at radius 2 is 1.90 bits per heavy atom.